The normalized spacial score (nSPS) is 10.8. The second-order valence-corrected chi connectivity index (χ2v) is 5.19. The summed E-state index contributed by atoms with van der Waals surface area (Å²) in [7, 11) is 0. The fourth-order valence-electron chi connectivity index (χ4n) is 2.22. The van der Waals surface area contributed by atoms with Gasteiger partial charge in [0.2, 0.25) is 5.91 Å². The number of H-pyrrole nitrogens is 2. The predicted molar refractivity (Wildman–Crippen MR) is 94.9 cm³/mol. The van der Waals surface area contributed by atoms with Gasteiger partial charge in [-0.3, -0.25) is 14.6 Å². The Morgan fingerprint density at radius 1 is 1.24 bits per heavy atom. The number of nitrogens with zero attached hydrogens (tertiary/aromatic N) is 3. The van der Waals surface area contributed by atoms with Gasteiger partial charge in [0, 0.05) is 18.8 Å². The molecule has 3 N–H and O–H groups in total. The van der Waals surface area contributed by atoms with Gasteiger partial charge in [-0.15, -0.1) is 0 Å². The number of rotatable bonds is 7. The summed E-state index contributed by atoms with van der Waals surface area (Å²) in [5.74, 6) is -0.513. The van der Waals surface area contributed by atoms with Crippen LogP contribution in [0.1, 0.15) is 25.1 Å². The lowest BCUT2D eigenvalue weighted by molar-refractivity contribution is -0.120. The smallest absolute Gasteiger partial charge is 0.342 e. The summed E-state index contributed by atoms with van der Waals surface area (Å²) >= 11 is 0. The average molecular weight is 344 g/mol. The van der Waals surface area contributed by atoms with Crippen LogP contribution in [-0.4, -0.2) is 40.4 Å². The van der Waals surface area contributed by atoms with Crippen LogP contribution in [0.15, 0.2) is 39.0 Å². The Balaban J connectivity index is 1.92. The van der Waals surface area contributed by atoms with E-state index in [2.05, 4.69) is 39.5 Å². The van der Waals surface area contributed by atoms with E-state index in [1.165, 1.54) is 6.21 Å². The topological polar surface area (TPSA) is 123 Å². The molecule has 0 aliphatic rings. The molecular formula is C16H20N6O3. The Morgan fingerprint density at radius 3 is 2.52 bits per heavy atom. The highest BCUT2D eigenvalue weighted by atomic mass is 16.2. The highest BCUT2D eigenvalue weighted by Gasteiger charge is 2.08. The average Bonchev–Trinajstić information content (AvgIpc) is 2.60. The van der Waals surface area contributed by atoms with Crippen molar-refractivity contribution in [2.45, 2.75) is 20.3 Å². The van der Waals surface area contributed by atoms with Gasteiger partial charge in [0.15, 0.2) is 0 Å². The molecule has 1 aromatic carbocycles. The third-order valence-corrected chi connectivity index (χ3v) is 3.53. The zero-order chi connectivity index (χ0) is 18.2. The molecule has 0 atom stereocenters. The minimum Gasteiger partial charge on any atom is -0.372 e. The lowest BCUT2D eigenvalue weighted by Gasteiger charge is -2.20. The Bertz CT molecular complexity index is 849. The van der Waals surface area contributed by atoms with Gasteiger partial charge >= 0.3 is 5.69 Å². The molecule has 2 rings (SSSR count). The van der Waals surface area contributed by atoms with E-state index < -0.39 is 17.2 Å². The van der Waals surface area contributed by atoms with Gasteiger partial charge in [-0.1, -0.05) is 12.1 Å². The van der Waals surface area contributed by atoms with Crippen molar-refractivity contribution in [3.05, 3.63) is 56.4 Å². The Kier molecular flexibility index (Phi) is 6.21. The van der Waals surface area contributed by atoms with E-state index in [4.69, 9.17) is 0 Å². The number of hydrogen-bond acceptors (Lipinski definition) is 6. The monoisotopic (exact) mass is 344 g/mol. The van der Waals surface area contributed by atoms with E-state index >= 15 is 0 Å². The number of anilines is 1. The number of nitrogens with one attached hydrogen (secondary N) is 3. The van der Waals surface area contributed by atoms with Gasteiger partial charge in [0.05, 0.1) is 12.6 Å². The third kappa shape index (κ3) is 5.13. The van der Waals surface area contributed by atoms with Crippen molar-refractivity contribution in [3.63, 3.8) is 0 Å². The van der Waals surface area contributed by atoms with Crippen molar-refractivity contribution in [3.8, 4) is 0 Å². The van der Waals surface area contributed by atoms with Crippen LogP contribution in [0.25, 0.3) is 0 Å². The molecule has 25 heavy (non-hydrogen) atoms. The number of carbonyl (C=O) groups excluding carboxylic acids is 1. The number of aromatic nitrogens is 3. The molecule has 132 valence electrons. The van der Waals surface area contributed by atoms with E-state index in [0.717, 1.165) is 24.3 Å². The molecule has 1 amide bonds. The molecule has 0 aliphatic carbocycles. The van der Waals surface area contributed by atoms with Gasteiger partial charge < -0.3 is 4.90 Å². The van der Waals surface area contributed by atoms with Crippen LogP contribution in [0.2, 0.25) is 0 Å². The summed E-state index contributed by atoms with van der Waals surface area (Å²) in [5, 5.41) is 9.45. The second kappa shape index (κ2) is 8.57. The predicted octanol–water partition coefficient (Wildman–Crippen LogP) is -0.00280. The summed E-state index contributed by atoms with van der Waals surface area (Å²) in [6.45, 7) is 6.04. The fourth-order valence-corrected chi connectivity index (χ4v) is 2.22. The molecule has 1 aromatic heterocycles. The first kappa shape index (κ1) is 18.1. The van der Waals surface area contributed by atoms with Crippen molar-refractivity contribution < 1.29 is 4.79 Å². The molecule has 0 saturated carbocycles. The number of hydrogen-bond donors (Lipinski definition) is 3. The van der Waals surface area contributed by atoms with Crippen molar-refractivity contribution in [1.29, 1.82) is 0 Å². The lowest BCUT2D eigenvalue weighted by Crippen LogP contribution is -2.31. The fraction of sp³-hybridized carbons (Fsp3) is 0.312. The highest BCUT2D eigenvalue weighted by molar-refractivity contribution is 5.83. The van der Waals surface area contributed by atoms with Crippen LogP contribution in [0.3, 0.4) is 0 Å². The Morgan fingerprint density at radius 2 is 1.92 bits per heavy atom. The van der Waals surface area contributed by atoms with Crippen molar-refractivity contribution in [1.82, 2.24) is 20.6 Å². The van der Waals surface area contributed by atoms with Crippen LogP contribution in [0.5, 0.6) is 0 Å². The van der Waals surface area contributed by atoms with Gasteiger partial charge in [0.1, 0.15) is 5.69 Å². The maximum absolute atomic E-state index is 11.7. The van der Waals surface area contributed by atoms with Crippen molar-refractivity contribution >= 4 is 17.8 Å². The largest absolute Gasteiger partial charge is 0.372 e. The number of carbonyl (C=O) groups is 1. The SMILES string of the molecule is CCN(CC)c1ccc(/C=N\NC(=O)Cc2n[nH]c(=O)[nH]c2=O)cc1. The number of benzene rings is 1. The molecule has 0 aliphatic heterocycles. The first-order valence-corrected chi connectivity index (χ1v) is 7.88. The molecule has 0 fully saturated rings. The van der Waals surface area contributed by atoms with Crippen LogP contribution in [0.4, 0.5) is 5.69 Å². The molecule has 0 bridgehead atoms. The van der Waals surface area contributed by atoms with Crippen molar-refractivity contribution in [2.24, 2.45) is 5.10 Å². The van der Waals surface area contributed by atoms with Gasteiger partial charge in [0.25, 0.3) is 5.56 Å². The molecule has 0 spiro atoms. The van der Waals surface area contributed by atoms with Crippen LogP contribution in [-0.2, 0) is 11.2 Å². The zero-order valence-corrected chi connectivity index (χ0v) is 14.1. The molecule has 0 saturated heterocycles. The number of hydrazone groups is 1. The van der Waals surface area contributed by atoms with E-state index in [1.54, 1.807) is 0 Å². The summed E-state index contributed by atoms with van der Waals surface area (Å²) in [4.78, 5) is 38.3. The third-order valence-electron chi connectivity index (χ3n) is 3.53. The van der Waals surface area contributed by atoms with Gasteiger partial charge in [-0.2, -0.15) is 10.2 Å². The molecule has 0 radical (unpaired) electrons. The standard InChI is InChI=1S/C16H20N6O3/c1-3-22(4-2)12-7-5-11(6-8-12)10-17-20-14(23)9-13-15(24)18-16(25)21-19-13/h5-8,10H,3-4,9H2,1-2H3,(H,20,23)(H2,18,21,24,25)/b17-10-. The lowest BCUT2D eigenvalue weighted by atomic mass is 10.2. The van der Waals surface area contributed by atoms with E-state index in [-0.39, 0.29) is 12.1 Å². The maximum Gasteiger partial charge on any atom is 0.342 e. The van der Waals surface area contributed by atoms with Gasteiger partial charge in [-0.05, 0) is 31.5 Å². The molecule has 2 aromatic rings. The molecule has 9 nitrogen and oxygen atoms in total. The molecule has 1 heterocycles. The minimum atomic E-state index is -0.722. The summed E-state index contributed by atoms with van der Waals surface area (Å²) in [6, 6.07) is 7.77. The van der Waals surface area contributed by atoms with Crippen LogP contribution < -0.4 is 21.6 Å². The van der Waals surface area contributed by atoms with Crippen LogP contribution >= 0.6 is 0 Å². The first-order valence-electron chi connectivity index (χ1n) is 7.88. The first-order chi connectivity index (χ1) is 12.0. The number of aromatic amines is 2. The highest BCUT2D eigenvalue weighted by Crippen LogP contribution is 2.13. The maximum atomic E-state index is 11.7. The Hall–Kier alpha value is -3.23. The summed E-state index contributed by atoms with van der Waals surface area (Å²) in [5.41, 5.74) is 2.76. The van der Waals surface area contributed by atoms with Crippen molar-refractivity contribution in [2.75, 3.05) is 18.0 Å². The second-order valence-electron chi connectivity index (χ2n) is 5.19. The zero-order valence-electron chi connectivity index (χ0n) is 14.1. The molecule has 0 unspecified atom stereocenters. The molecule has 9 heteroatoms. The molecular weight excluding hydrogens is 324 g/mol. The quantitative estimate of drug-likeness (QED) is 0.482. The van der Waals surface area contributed by atoms with E-state index in [9.17, 15) is 14.4 Å². The number of amides is 1. The van der Waals surface area contributed by atoms with Gasteiger partial charge in [-0.25, -0.2) is 15.3 Å². The van der Waals surface area contributed by atoms with Crippen LogP contribution in [0, 0.1) is 0 Å². The summed E-state index contributed by atoms with van der Waals surface area (Å²) < 4.78 is 0. The summed E-state index contributed by atoms with van der Waals surface area (Å²) in [6.07, 6.45) is 1.22. The minimum absolute atomic E-state index is 0.0872. The van der Waals surface area contributed by atoms with E-state index in [0.29, 0.717) is 0 Å². The Labute approximate surface area is 143 Å². The van der Waals surface area contributed by atoms with E-state index in [1.807, 2.05) is 29.2 Å².